The summed E-state index contributed by atoms with van der Waals surface area (Å²) in [6.07, 6.45) is 6.55. The number of rotatable bonds is 3. The second-order valence-corrected chi connectivity index (χ2v) is 6.19. The van der Waals surface area contributed by atoms with E-state index in [2.05, 4.69) is 43.1 Å². The van der Waals surface area contributed by atoms with Gasteiger partial charge in [-0.3, -0.25) is 0 Å². The van der Waals surface area contributed by atoms with Crippen molar-refractivity contribution in [2.75, 3.05) is 0 Å². The summed E-state index contributed by atoms with van der Waals surface area (Å²) >= 11 is 0. The molecule has 0 saturated heterocycles. The molecule has 2 heteroatoms. The largest absolute Gasteiger partial charge is 0.342 e. The molecule has 0 atom stereocenters. The zero-order valence-corrected chi connectivity index (χ0v) is 11.4. The van der Waals surface area contributed by atoms with Crippen LogP contribution in [0, 0.1) is 5.92 Å². The fourth-order valence-electron chi connectivity index (χ4n) is 3.57. The van der Waals surface area contributed by atoms with Gasteiger partial charge in [0.15, 0.2) is 0 Å². The Hall–Kier alpha value is -1.31. The van der Waals surface area contributed by atoms with Crippen LogP contribution in [0.1, 0.15) is 51.8 Å². The maximum Gasteiger partial charge on any atom is 0.113 e. The smallest absolute Gasteiger partial charge is 0.113 e. The van der Waals surface area contributed by atoms with Crippen molar-refractivity contribution in [2.24, 2.45) is 5.92 Å². The van der Waals surface area contributed by atoms with Crippen LogP contribution in [0.15, 0.2) is 24.3 Å². The van der Waals surface area contributed by atoms with Crippen molar-refractivity contribution < 1.29 is 0 Å². The van der Waals surface area contributed by atoms with E-state index in [9.17, 15) is 0 Å². The molecule has 1 aliphatic rings. The standard InChI is InChI=1S/C16H22N2/c1-12(2)11-16(9-5-6-10-16)15-17-13-7-3-4-8-14(13)18-15/h3-4,7-8,12H,5-6,9-11H2,1-2H3,(H,17,18). The van der Waals surface area contributed by atoms with E-state index >= 15 is 0 Å². The van der Waals surface area contributed by atoms with E-state index in [0.29, 0.717) is 5.41 Å². The fourth-order valence-corrected chi connectivity index (χ4v) is 3.57. The minimum Gasteiger partial charge on any atom is -0.342 e. The van der Waals surface area contributed by atoms with Crippen LogP contribution in [0.25, 0.3) is 11.0 Å². The predicted molar refractivity (Wildman–Crippen MR) is 75.7 cm³/mol. The van der Waals surface area contributed by atoms with Crippen molar-refractivity contribution in [1.82, 2.24) is 9.97 Å². The molecule has 1 fully saturated rings. The average molecular weight is 242 g/mol. The second-order valence-electron chi connectivity index (χ2n) is 6.19. The summed E-state index contributed by atoms with van der Waals surface area (Å²) in [5, 5.41) is 0. The molecular formula is C16H22N2. The zero-order valence-electron chi connectivity index (χ0n) is 11.4. The molecule has 0 amide bonds. The van der Waals surface area contributed by atoms with Gasteiger partial charge in [0.25, 0.3) is 0 Å². The number of hydrogen-bond acceptors (Lipinski definition) is 1. The van der Waals surface area contributed by atoms with Crippen LogP contribution in [-0.2, 0) is 5.41 Å². The highest BCUT2D eigenvalue weighted by Crippen LogP contribution is 2.44. The molecule has 0 spiro atoms. The number of imidazole rings is 1. The molecule has 1 N–H and O–H groups in total. The molecule has 1 aromatic heterocycles. The van der Waals surface area contributed by atoms with Gasteiger partial charge in [-0.1, -0.05) is 38.8 Å². The van der Waals surface area contributed by atoms with Crippen molar-refractivity contribution in [3.05, 3.63) is 30.1 Å². The van der Waals surface area contributed by atoms with Crippen LogP contribution in [0.4, 0.5) is 0 Å². The highest BCUT2D eigenvalue weighted by molar-refractivity contribution is 5.75. The Morgan fingerprint density at radius 3 is 2.61 bits per heavy atom. The quantitative estimate of drug-likeness (QED) is 0.848. The predicted octanol–water partition coefficient (Wildman–Crippen LogP) is 4.42. The summed E-state index contributed by atoms with van der Waals surface area (Å²) in [4.78, 5) is 8.44. The molecule has 3 rings (SSSR count). The number of benzene rings is 1. The van der Waals surface area contributed by atoms with Crippen molar-refractivity contribution >= 4 is 11.0 Å². The van der Waals surface area contributed by atoms with E-state index in [1.807, 2.05) is 0 Å². The lowest BCUT2D eigenvalue weighted by atomic mass is 9.78. The molecule has 18 heavy (non-hydrogen) atoms. The van der Waals surface area contributed by atoms with Gasteiger partial charge in [0.2, 0.25) is 0 Å². The summed E-state index contributed by atoms with van der Waals surface area (Å²) in [5.74, 6) is 1.96. The van der Waals surface area contributed by atoms with Gasteiger partial charge in [-0.25, -0.2) is 4.98 Å². The van der Waals surface area contributed by atoms with E-state index in [1.165, 1.54) is 43.4 Å². The lowest BCUT2D eigenvalue weighted by Gasteiger charge is -2.28. The number of H-pyrrole nitrogens is 1. The van der Waals surface area contributed by atoms with Crippen molar-refractivity contribution in [3.63, 3.8) is 0 Å². The summed E-state index contributed by atoms with van der Waals surface area (Å²) in [6, 6.07) is 8.38. The molecule has 96 valence electrons. The summed E-state index contributed by atoms with van der Waals surface area (Å²) < 4.78 is 0. The molecule has 2 nitrogen and oxygen atoms in total. The first-order valence-corrected chi connectivity index (χ1v) is 7.15. The Bertz CT molecular complexity index is 500. The van der Waals surface area contributed by atoms with Gasteiger partial charge >= 0.3 is 0 Å². The Kier molecular flexibility index (Phi) is 2.89. The molecule has 0 radical (unpaired) electrons. The highest BCUT2D eigenvalue weighted by atomic mass is 14.9. The number of para-hydroxylation sites is 2. The molecular weight excluding hydrogens is 220 g/mol. The third kappa shape index (κ3) is 1.94. The van der Waals surface area contributed by atoms with E-state index in [0.717, 1.165) is 11.4 Å². The van der Waals surface area contributed by atoms with E-state index in [1.54, 1.807) is 0 Å². The Balaban J connectivity index is 2.04. The Morgan fingerprint density at radius 1 is 1.22 bits per heavy atom. The Labute approximate surface area is 109 Å². The van der Waals surface area contributed by atoms with E-state index in [-0.39, 0.29) is 0 Å². The lowest BCUT2D eigenvalue weighted by molar-refractivity contribution is 0.332. The van der Waals surface area contributed by atoms with Gasteiger partial charge < -0.3 is 4.98 Å². The van der Waals surface area contributed by atoms with Gasteiger partial charge in [-0.15, -0.1) is 0 Å². The number of aromatic nitrogens is 2. The Morgan fingerprint density at radius 2 is 1.94 bits per heavy atom. The lowest BCUT2D eigenvalue weighted by Crippen LogP contribution is -2.25. The zero-order chi connectivity index (χ0) is 12.6. The second kappa shape index (κ2) is 4.42. The summed E-state index contributed by atoms with van der Waals surface area (Å²) in [7, 11) is 0. The van der Waals surface area contributed by atoms with Crippen LogP contribution in [0.5, 0.6) is 0 Å². The van der Waals surface area contributed by atoms with Gasteiger partial charge in [-0.2, -0.15) is 0 Å². The molecule has 1 heterocycles. The highest BCUT2D eigenvalue weighted by Gasteiger charge is 2.38. The van der Waals surface area contributed by atoms with Gasteiger partial charge in [0, 0.05) is 5.41 Å². The first kappa shape index (κ1) is 11.8. The SMILES string of the molecule is CC(C)CC1(c2nc3ccccc3[nH]2)CCCC1. The number of nitrogens with zero attached hydrogens (tertiary/aromatic N) is 1. The first-order valence-electron chi connectivity index (χ1n) is 7.15. The van der Waals surface area contributed by atoms with E-state index < -0.39 is 0 Å². The van der Waals surface area contributed by atoms with Gasteiger partial charge in [-0.05, 0) is 37.3 Å². The van der Waals surface area contributed by atoms with Crippen LogP contribution >= 0.6 is 0 Å². The van der Waals surface area contributed by atoms with Crippen molar-refractivity contribution in [1.29, 1.82) is 0 Å². The summed E-state index contributed by atoms with van der Waals surface area (Å²) in [5.41, 5.74) is 2.61. The minimum atomic E-state index is 0.313. The van der Waals surface area contributed by atoms with Crippen molar-refractivity contribution in [3.8, 4) is 0 Å². The average Bonchev–Trinajstić information content (AvgIpc) is 2.94. The molecule has 0 aliphatic heterocycles. The molecule has 1 aromatic carbocycles. The normalized spacial score (nSPS) is 18.8. The molecule has 1 aliphatic carbocycles. The number of aromatic amines is 1. The fraction of sp³-hybridized carbons (Fsp3) is 0.562. The number of nitrogens with one attached hydrogen (secondary N) is 1. The molecule has 0 bridgehead atoms. The van der Waals surface area contributed by atoms with E-state index in [4.69, 9.17) is 4.98 Å². The first-order chi connectivity index (χ1) is 8.70. The van der Waals surface area contributed by atoms with Gasteiger partial charge in [0.05, 0.1) is 11.0 Å². The number of hydrogen-bond donors (Lipinski definition) is 1. The molecule has 2 aromatic rings. The van der Waals surface area contributed by atoms with Crippen LogP contribution < -0.4 is 0 Å². The summed E-state index contributed by atoms with van der Waals surface area (Å²) in [6.45, 7) is 4.64. The monoisotopic (exact) mass is 242 g/mol. The third-order valence-corrected chi connectivity index (χ3v) is 4.25. The molecule has 0 unspecified atom stereocenters. The maximum atomic E-state index is 4.86. The topological polar surface area (TPSA) is 28.7 Å². The minimum absolute atomic E-state index is 0.313. The van der Waals surface area contributed by atoms with Crippen molar-refractivity contribution in [2.45, 2.75) is 51.4 Å². The van der Waals surface area contributed by atoms with Crippen LogP contribution in [0.3, 0.4) is 0 Å². The van der Waals surface area contributed by atoms with Crippen LogP contribution in [-0.4, -0.2) is 9.97 Å². The van der Waals surface area contributed by atoms with Gasteiger partial charge in [0.1, 0.15) is 5.82 Å². The number of fused-ring (bicyclic) bond motifs is 1. The maximum absolute atomic E-state index is 4.86. The van der Waals surface area contributed by atoms with Crippen LogP contribution in [0.2, 0.25) is 0 Å². The third-order valence-electron chi connectivity index (χ3n) is 4.25. The molecule has 1 saturated carbocycles.